The van der Waals surface area contributed by atoms with Gasteiger partial charge in [-0.15, -0.1) is 0 Å². The molecule has 8 heteroatoms. The van der Waals surface area contributed by atoms with Gasteiger partial charge in [-0.3, -0.25) is 9.10 Å². The van der Waals surface area contributed by atoms with Crippen LogP contribution in [0.25, 0.3) is 5.65 Å². The lowest BCUT2D eigenvalue weighted by molar-refractivity contribution is 0.0950. The average molecular weight is 384 g/mol. The van der Waals surface area contributed by atoms with Crippen LogP contribution < -0.4 is 9.62 Å². The summed E-state index contributed by atoms with van der Waals surface area (Å²) in [4.78, 5) is 17.0. The smallest absolute Gasteiger partial charge is 0.251 e. The van der Waals surface area contributed by atoms with Crippen molar-refractivity contribution in [1.29, 1.82) is 0 Å². The third-order valence-electron chi connectivity index (χ3n) is 4.70. The van der Waals surface area contributed by atoms with Crippen LogP contribution in [-0.4, -0.2) is 36.0 Å². The third-order valence-corrected chi connectivity index (χ3v) is 5.97. The summed E-state index contributed by atoms with van der Waals surface area (Å²) in [6.45, 7) is 2.19. The van der Waals surface area contributed by atoms with Crippen molar-refractivity contribution in [3.05, 3.63) is 65.6 Å². The minimum absolute atomic E-state index is 0.147. The molecular formula is C19H20N4O3S. The van der Waals surface area contributed by atoms with E-state index >= 15 is 0 Å². The van der Waals surface area contributed by atoms with Crippen LogP contribution in [0.2, 0.25) is 0 Å². The quantitative estimate of drug-likeness (QED) is 0.745. The van der Waals surface area contributed by atoms with Gasteiger partial charge in [0.1, 0.15) is 5.65 Å². The molecule has 0 spiro atoms. The van der Waals surface area contributed by atoms with Crippen LogP contribution in [0.3, 0.4) is 0 Å². The first-order valence-electron chi connectivity index (χ1n) is 8.66. The lowest BCUT2D eigenvalue weighted by Gasteiger charge is -2.21. The summed E-state index contributed by atoms with van der Waals surface area (Å²) in [6, 6.07) is 10.7. The van der Waals surface area contributed by atoms with Crippen LogP contribution in [0.5, 0.6) is 0 Å². The topological polar surface area (TPSA) is 83.8 Å². The SMILES string of the molecule is C[C@H]1Cc2cc(C(=O)NCc3cn4ccccc4n3)ccc2N1S(C)(=O)=O. The molecule has 3 aromatic rings. The normalized spacial score (nSPS) is 16.5. The minimum Gasteiger partial charge on any atom is -0.346 e. The van der Waals surface area contributed by atoms with Gasteiger partial charge in [0, 0.05) is 24.0 Å². The Balaban J connectivity index is 1.51. The molecule has 1 aliphatic rings. The fourth-order valence-electron chi connectivity index (χ4n) is 3.59. The number of hydrogen-bond donors (Lipinski definition) is 1. The summed E-state index contributed by atoms with van der Waals surface area (Å²) in [5.41, 5.74) is 3.64. The van der Waals surface area contributed by atoms with E-state index in [0.29, 0.717) is 24.2 Å². The van der Waals surface area contributed by atoms with Gasteiger partial charge in [0.05, 0.1) is 24.2 Å². The molecule has 27 heavy (non-hydrogen) atoms. The lowest BCUT2D eigenvalue weighted by atomic mass is 10.1. The second-order valence-electron chi connectivity index (χ2n) is 6.84. The van der Waals surface area contributed by atoms with Gasteiger partial charge >= 0.3 is 0 Å². The first-order chi connectivity index (χ1) is 12.8. The maximum Gasteiger partial charge on any atom is 0.251 e. The number of nitrogens with zero attached hydrogens (tertiary/aromatic N) is 3. The molecule has 140 valence electrons. The zero-order valence-electron chi connectivity index (χ0n) is 15.1. The first kappa shape index (κ1) is 17.5. The summed E-state index contributed by atoms with van der Waals surface area (Å²) in [5, 5.41) is 2.87. The van der Waals surface area contributed by atoms with Crippen LogP contribution in [0.15, 0.2) is 48.8 Å². The van der Waals surface area contributed by atoms with E-state index in [1.807, 2.05) is 41.9 Å². The van der Waals surface area contributed by atoms with Crippen molar-refractivity contribution in [2.75, 3.05) is 10.6 Å². The summed E-state index contributed by atoms with van der Waals surface area (Å²) >= 11 is 0. The molecule has 0 unspecified atom stereocenters. The maximum absolute atomic E-state index is 12.5. The number of rotatable bonds is 4. The van der Waals surface area contributed by atoms with Crippen LogP contribution in [0, 0.1) is 0 Å². The Morgan fingerprint density at radius 1 is 1.30 bits per heavy atom. The van der Waals surface area contributed by atoms with E-state index in [4.69, 9.17) is 0 Å². The molecule has 3 heterocycles. The zero-order valence-corrected chi connectivity index (χ0v) is 15.9. The highest BCUT2D eigenvalue weighted by Gasteiger charge is 2.32. The summed E-state index contributed by atoms with van der Waals surface area (Å²) in [5.74, 6) is -0.208. The van der Waals surface area contributed by atoms with Gasteiger partial charge in [-0.05, 0) is 49.2 Å². The molecule has 0 radical (unpaired) electrons. The second-order valence-corrected chi connectivity index (χ2v) is 8.70. The van der Waals surface area contributed by atoms with E-state index in [2.05, 4.69) is 10.3 Å². The Morgan fingerprint density at radius 2 is 2.11 bits per heavy atom. The summed E-state index contributed by atoms with van der Waals surface area (Å²) in [7, 11) is -3.34. The largest absolute Gasteiger partial charge is 0.346 e. The maximum atomic E-state index is 12.5. The van der Waals surface area contributed by atoms with Crippen molar-refractivity contribution in [1.82, 2.24) is 14.7 Å². The molecule has 7 nitrogen and oxygen atoms in total. The number of amides is 1. The second kappa shape index (κ2) is 6.38. The van der Waals surface area contributed by atoms with E-state index in [9.17, 15) is 13.2 Å². The molecule has 1 aromatic carbocycles. The number of aromatic nitrogens is 2. The molecule has 0 saturated heterocycles. The van der Waals surface area contributed by atoms with Crippen LogP contribution in [0.4, 0.5) is 5.69 Å². The fraction of sp³-hybridized carbons (Fsp3) is 0.263. The van der Waals surface area contributed by atoms with Gasteiger partial charge < -0.3 is 9.72 Å². The number of anilines is 1. The summed E-state index contributed by atoms with van der Waals surface area (Å²) < 4.78 is 27.3. The highest BCUT2D eigenvalue weighted by atomic mass is 32.2. The molecule has 1 amide bonds. The first-order valence-corrected chi connectivity index (χ1v) is 10.5. The molecule has 1 aliphatic heterocycles. The number of nitrogens with one attached hydrogen (secondary N) is 1. The van der Waals surface area contributed by atoms with Crippen LogP contribution in [0.1, 0.15) is 28.5 Å². The molecule has 1 N–H and O–H groups in total. The highest BCUT2D eigenvalue weighted by molar-refractivity contribution is 7.92. The molecule has 0 fully saturated rings. The lowest BCUT2D eigenvalue weighted by Crippen LogP contribution is -2.34. The third kappa shape index (κ3) is 3.28. The Morgan fingerprint density at radius 3 is 2.85 bits per heavy atom. The molecule has 1 atom stereocenters. The predicted octanol–water partition coefficient (Wildman–Crippen LogP) is 1.97. The number of imidazole rings is 1. The Bertz CT molecular complexity index is 1100. The highest BCUT2D eigenvalue weighted by Crippen LogP contribution is 2.34. The van der Waals surface area contributed by atoms with Crippen molar-refractivity contribution >= 4 is 27.3 Å². The number of carbonyl (C=O) groups is 1. The van der Waals surface area contributed by atoms with Crippen LogP contribution >= 0.6 is 0 Å². The number of hydrogen-bond acceptors (Lipinski definition) is 4. The number of carbonyl (C=O) groups excluding carboxylic acids is 1. The molecule has 0 saturated carbocycles. The van der Waals surface area contributed by atoms with Crippen molar-refractivity contribution in [2.24, 2.45) is 0 Å². The van der Waals surface area contributed by atoms with Crippen molar-refractivity contribution in [2.45, 2.75) is 25.9 Å². The van der Waals surface area contributed by atoms with Crippen molar-refractivity contribution in [3.8, 4) is 0 Å². The predicted molar refractivity (Wildman–Crippen MR) is 103 cm³/mol. The minimum atomic E-state index is -3.34. The Kier molecular flexibility index (Phi) is 4.15. The number of pyridine rings is 1. The van der Waals surface area contributed by atoms with Gasteiger partial charge in [0.25, 0.3) is 5.91 Å². The van der Waals surface area contributed by atoms with E-state index < -0.39 is 10.0 Å². The van der Waals surface area contributed by atoms with Gasteiger partial charge in [-0.1, -0.05) is 6.07 Å². The molecule has 0 bridgehead atoms. The van der Waals surface area contributed by atoms with Crippen molar-refractivity contribution < 1.29 is 13.2 Å². The fourth-order valence-corrected chi connectivity index (χ4v) is 4.86. The zero-order chi connectivity index (χ0) is 19.2. The van der Waals surface area contributed by atoms with Crippen LogP contribution in [-0.2, 0) is 23.0 Å². The van der Waals surface area contributed by atoms with Gasteiger partial charge in [-0.2, -0.15) is 0 Å². The van der Waals surface area contributed by atoms with E-state index in [-0.39, 0.29) is 11.9 Å². The average Bonchev–Trinajstić information content (AvgIpc) is 3.17. The Labute approximate surface area is 157 Å². The van der Waals surface area contributed by atoms with Gasteiger partial charge in [0.15, 0.2) is 0 Å². The standard InChI is InChI=1S/C19H20N4O3S/c1-13-9-15-10-14(6-7-17(15)23(13)27(2,25)26)19(24)20-11-16-12-22-8-4-3-5-18(22)21-16/h3-8,10,12-13H,9,11H2,1-2H3,(H,20,24)/t13-/m0/s1. The number of sulfonamides is 1. The molecule has 2 aromatic heterocycles. The molecular weight excluding hydrogens is 364 g/mol. The van der Waals surface area contributed by atoms with E-state index in [1.165, 1.54) is 10.6 Å². The molecule has 4 rings (SSSR count). The monoisotopic (exact) mass is 384 g/mol. The Hall–Kier alpha value is -2.87. The summed E-state index contributed by atoms with van der Waals surface area (Å²) in [6.07, 6.45) is 5.58. The van der Waals surface area contributed by atoms with Crippen molar-refractivity contribution in [3.63, 3.8) is 0 Å². The van der Waals surface area contributed by atoms with Gasteiger partial charge in [0.2, 0.25) is 10.0 Å². The number of benzene rings is 1. The number of fused-ring (bicyclic) bond motifs is 2. The molecule has 0 aliphatic carbocycles. The van der Waals surface area contributed by atoms with E-state index in [1.54, 1.807) is 18.2 Å². The van der Waals surface area contributed by atoms with Gasteiger partial charge in [-0.25, -0.2) is 13.4 Å². The van der Waals surface area contributed by atoms with E-state index in [0.717, 1.165) is 16.9 Å².